The largest absolute Gasteiger partial charge is 3.00 e. The summed E-state index contributed by atoms with van der Waals surface area (Å²) in [5, 5.41) is 63.1. The molecule has 2 radical (unpaired) electrons. The maximum absolute atomic E-state index is 11.9. The van der Waals surface area contributed by atoms with Crippen molar-refractivity contribution in [2.24, 2.45) is 0 Å². The van der Waals surface area contributed by atoms with Crippen LogP contribution < -0.4 is 30.6 Å². The molecular formula is C90H72Dy2F18N4O14. The third-order valence-corrected chi connectivity index (χ3v) is 15.2. The van der Waals surface area contributed by atoms with Gasteiger partial charge in [-0.15, -0.1) is 0 Å². The number of aryl methyl sites for hydroxylation is 6. The molecular weight excluding hydrogens is 2030 g/mol. The smallest absolute Gasteiger partial charge is 0.869 e. The summed E-state index contributed by atoms with van der Waals surface area (Å²) in [5.74, 6) is -18.5. The first-order chi connectivity index (χ1) is 58.8. The average Bonchev–Trinajstić information content (AvgIpc) is 0.908. The Morgan fingerprint density at radius 2 is 0.359 bits per heavy atom. The van der Waals surface area contributed by atoms with Crippen molar-refractivity contribution in [3.63, 3.8) is 0 Å². The van der Waals surface area contributed by atoms with Crippen molar-refractivity contribution in [2.45, 2.75) is 78.6 Å². The molecule has 682 valence electrons. The maximum Gasteiger partial charge on any atom is 3.00 e. The van der Waals surface area contributed by atoms with Crippen LogP contribution in [0.3, 0.4) is 0 Å². The number of hydrogen-bond acceptors (Lipinski definition) is 18. The second kappa shape index (κ2) is 55.9. The number of carbonyl (C=O) groups is 6. The normalized spacial score (nSPS) is 12.4. The van der Waals surface area contributed by atoms with Crippen LogP contribution in [0.2, 0.25) is 0 Å². The number of carbonyl (C=O) groups excluding carboxylic acids is 6. The summed E-state index contributed by atoms with van der Waals surface area (Å²) in [6, 6.07) is 58.7. The van der Waals surface area contributed by atoms with Gasteiger partial charge in [0.2, 0.25) is 0 Å². The zero-order chi connectivity index (χ0) is 94.8. The van der Waals surface area contributed by atoms with Crippen molar-refractivity contribution in [1.29, 1.82) is 0 Å². The first-order valence-electron chi connectivity index (χ1n) is 36.0. The summed E-state index contributed by atoms with van der Waals surface area (Å²) in [7, 11) is 0. The number of halogens is 18. The Bertz CT molecular complexity index is 4480. The van der Waals surface area contributed by atoms with E-state index in [1.54, 1.807) is 139 Å². The molecule has 0 unspecified atom stereocenters. The molecule has 0 aliphatic carbocycles. The monoisotopic (exact) mass is 2100 g/mol. The van der Waals surface area contributed by atoms with E-state index in [1.165, 1.54) is 72.8 Å². The van der Waals surface area contributed by atoms with Crippen LogP contribution in [0.5, 0.6) is 0 Å². The predicted octanol–water partition coefficient (Wildman–Crippen LogP) is 16.2. The summed E-state index contributed by atoms with van der Waals surface area (Å²) in [6.07, 6.45) is -22.6. The van der Waals surface area contributed by atoms with Gasteiger partial charge < -0.3 is 40.1 Å². The summed E-state index contributed by atoms with van der Waals surface area (Å²) < 4.78 is 223. The van der Waals surface area contributed by atoms with Crippen molar-refractivity contribution in [3.05, 3.63) is 381 Å². The Kier molecular flexibility index (Phi) is 49.9. The zero-order valence-electron chi connectivity index (χ0n) is 67.3. The van der Waals surface area contributed by atoms with Crippen molar-refractivity contribution in [1.82, 2.24) is 19.9 Å². The number of nitrogens with zero attached hydrogens (tertiary/aromatic N) is 4. The van der Waals surface area contributed by atoms with E-state index in [1.807, 2.05) is 72.8 Å². The van der Waals surface area contributed by atoms with Crippen molar-refractivity contribution in [3.8, 4) is 22.8 Å². The number of aromatic nitrogens is 4. The van der Waals surface area contributed by atoms with Gasteiger partial charge in [0.05, 0.1) is 49.2 Å². The second-order valence-corrected chi connectivity index (χ2v) is 25.5. The van der Waals surface area contributed by atoms with E-state index in [0.717, 1.165) is 82.6 Å². The van der Waals surface area contributed by atoms with Gasteiger partial charge in [-0.2, -0.15) is 79.0 Å². The SMILES string of the molecule is C1COCCO1.Cc1ccc(C(=O)/C=C(\[O-])C(F)(F)F)cc1.Cc1ccc(C(=O)/C=C(\[O-])C(F)(F)F)cc1.Cc1ccc(C(=O)/C=C(\[O-])C(F)(F)F)cc1.Cc1ccc(C(=O)/C=C(\[O-])C(F)(F)F)cc1.Cc1ccc(C(=O)/C=C(\[O-])C(F)(F)F)cc1.Cc1ccc(C(=O)/C=C(\[O-])C(F)(F)F)cc1.[Dy+3].[Dy+3].c1ccc(-c2ccccn2)nc1.c1ccc(-c2ccccn2)nc1. The molecule has 0 spiro atoms. The predicted molar refractivity (Wildman–Crippen MR) is 414 cm³/mol. The molecule has 10 aromatic rings. The van der Waals surface area contributed by atoms with E-state index in [-0.39, 0.29) is 146 Å². The van der Waals surface area contributed by atoms with Crippen LogP contribution in [0.15, 0.2) is 314 Å². The topological polar surface area (TPSA) is 311 Å². The Hall–Kier alpha value is -11.6. The van der Waals surface area contributed by atoms with E-state index in [9.17, 15) is 138 Å². The van der Waals surface area contributed by atoms with Gasteiger partial charge in [0.15, 0.2) is 34.7 Å². The summed E-state index contributed by atoms with van der Waals surface area (Å²) in [4.78, 5) is 84.2. The van der Waals surface area contributed by atoms with E-state index in [4.69, 9.17) is 9.47 Å². The summed E-state index contributed by atoms with van der Waals surface area (Å²) in [6.45, 7) is 13.8. The van der Waals surface area contributed by atoms with Crippen LogP contribution in [-0.4, -0.2) is 118 Å². The molecule has 6 aromatic carbocycles. The Morgan fingerprint density at radius 1 is 0.234 bits per heavy atom. The maximum atomic E-state index is 11.9. The molecule has 1 aliphatic heterocycles. The molecule has 128 heavy (non-hydrogen) atoms. The Labute approximate surface area is 781 Å². The Balaban J connectivity index is 0.000000723. The van der Waals surface area contributed by atoms with Crippen LogP contribution in [0.1, 0.15) is 95.5 Å². The zero-order valence-corrected chi connectivity index (χ0v) is 71.4. The number of hydrogen-bond donors (Lipinski definition) is 0. The number of alkyl halides is 18. The molecule has 0 amide bonds. The molecule has 1 saturated heterocycles. The van der Waals surface area contributed by atoms with Crippen LogP contribution in [0.25, 0.3) is 22.8 Å². The quantitative estimate of drug-likeness (QED) is 0.0422. The van der Waals surface area contributed by atoms with Gasteiger partial charge in [-0.05, 0) is 161 Å². The molecule has 0 N–H and O–H groups in total. The molecule has 0 bridgehead atoms. The fraction of sp³-hybridized carbons (Fsp3) is 0.178. The first kappa shape index (κ1) is 114. The average molecular weight is 2100 g/mol. The van der Waals surface area contributed by atoms with E-state index < -0.39 is 106 Å². The number of rotatable bonds is 14. The van der Waals surface area contributed by atoms with Gasteiger partial charge in [0.25, 0.3) is 0 Å². The van der Waals surface area contributed by atoms with Gasteiger partial charge in [0.1, 0.15) is 0 Å². The Morgan fingerprint density at radius 3 is 0.453 bits per heavy atom. The molecule has 11 rings (SSSR count). The molecule has 5 heterocycles. The van der Waals surface area contributed by atoms with E-state index in [2.05, 4.69) is 19.9 Å². The van der Waals surface area contributed by atoms with Gasteiger partial charge in [-0.3, -0.25) is 48.7 Å². The van der Waals surface area contributed by atoms with Crippen LogP contribution in [0.4, 0.5) is 79.0 Å². The summed E-state index contributed by atoms with van der Waals surface area (Å²) in [5.41, 5.74) is 9.25. The molecule has 0 atom stereocenters. The van der Waals surface area contributed by atoms with Gasteiger partial charge >= 0.3 is 113 Å². The molecule has 1 aliphatic rings. The van der Waals surface area contributed by atoms with Gasteiger partial charge in [-0.1, -0.05) is 203 Å². The standard InChI is InChI=1S/6C11H9F3O2.2C10H8N2.C4H8O2.2Dy/c6*1-7-2-4-8(5-3-7)9(15)6-10(16)11(12,13)14;2*1-3-7-11-9(5-1)10-6-2-4-8-12-10;1-2-6-4-3-5-1;;/h6*2-6,16H,1H3;2*1-8H;1-4H2;;/q;;;;;;;;;2*+3/p-6/b6*10-6-;;;;;. The summed E-state index contributed by atoms with van der Waals surface area (Å²) >= 11 is 0. The van der Waals surface area contributed by atoms with Crippen LogP contribution in [0, 0.1) is 118 Å². The number of ketones is 6. The number of pyridine rings is 4. The molecule has 38 heteroatoms. The second-order valence-electron chi connectivity index (χ2n) is 25.5. The molecule has 18 nitrogen and oxygen atoms in total. The first-order valence-corrected chi connectivity index (χ1v) is 36.0. The third-order valence-electron chi connectivity index (χ3n) is 15.2. The van der Waals surface area contributed by atoms with E-state index in [0.29, 0.717) is 0 Å². The number of allylic oxidation sites excluding steroid dienone is 12. The third kappa shape index (κ3) is 46.2. The van der Waals surface area contributed by atoms with Crippen molar-refractivity contribution >= 4 is 34.7 Å². The number of benzene rings is 6. The van der Waals surface area contributed by atoms with Crippen molar-refractivity contribution in [2.75, 3.05) is 26.4 Å². The van der Waals surface area contributed by atoms with Crippen LogP contribution >= 0.6 is 0 Å². The van der Waals surface area contributed by atoms with Crippen molar-refractivity contribution < 1.29 is 224 Å². The minimum atomic E-state index is -5.00. The van der Waals surface area contributed by atoms with Gasteiger partial charge in [0, 0.05) is 58.2 Å². The number of ether oxygens (including phenoxy) is 2. The fourth-order valence-electron chi connectivity index (χ4n) is 8.51. The van der Waals surface area contributed by atoms with Gasteiger partial charge in [-0.25, -0.2) is 0 Å². The minimum absolute atomic E-state index is 0. The molecule has 1 fully saturated rings. The molecule has 0 saturated carbocycles. The fourth-order valence-corrected chi connectivity index (χ4v) is 8.51. The minimum Gasteiger partial charge on any atom is -0.869 e. The molecule has 4 aromatic heterocycles. The van der Waals surface area contributed by atoms with E-state index >= 15 is 0 Å². The van der Waals surface area contributed by atoms with Crippen LogP contribution in [-0.2, 0) is 9.47 Å².